The Kier molecular flexibility index (Phi) is 7.30. The predicted molar refractivity (Wildman–Crippen MR) is 123 cm³/mol. The van der Waals surface area contributed by atoms with E-state index in [9.17, 15) is 14.4 Å². The van der Waals surface area contributed by atoms with Crippen LogP contribution in [0.4, 0.5) is 17.1 Å². The molecule has 0 spiro atoms. The fraction of sp³-hybridized carbons (Fsp3) is 0.273. The number of thioether (sulfide) groups is 1. The highest BCUT2D eigenvalue weighted by Crippen LogP contribution is 2.26. The van der Waals surface area contributed by atoms with Gasteiger partial charge < -0.3 is 20.3 Å². The van der Waals surface area contributed by atoms with Gasteiger partial charge in [-0.15, -0.1) is 0 Å². The van der Waals surface area contributed by atoms with Crippen molar-refractivity contribution in [2.24, 2.45) is 4.99 Å². The Balaban J connectivity index is 1.55. The number of esters is 1. The summed E-state index contributed by atoms with van der Waals surface area (Å²) in [5.74, 6) is -0.961. The first-order valence-corrected chi connectivity index (χ1v) is 10.6. The molecule has 0 aromatic heterocycles. The van der Waals surface area contributed by atoms with Crippen LogP contribution in [0.1, 0.15) is 23.7 Å². The first-order valence-electron chi connectivity index (χ1n) is 9.76. The van der Waals surface area contributed by atoms with Crippen LogP contribution in [0.3, 0.4) is 0 Å². The van der Waals surface area contributed by atoms with E-state index in [1.54, 1.807) is 31.2 Å². The second-order valence-electron chi connectivity index (χ2n) is 6.97. The molecule has 1 saturated heterocycles. The van der Waals surface area contributed by atoms with Gasteiger partial charge in [0.1, 0.15) is 5.25 Å². The summed E-state index contributed by atoms with van der Waals surface area (Å²) in [4.78, 5) is 42.7. The molecule has 162 valence electrons. The summed E-state index contributed by atoms with van der Waals surface area (Å²) in [7, 11) is 3.91. The highest BCUT2D eigenvalue weighted by Gasteiger charge is 2.32. The van der Waals surface area contributed by atoms with E-state index in [0.717, 1.165) is 11.4 Å². The van der Waals surface area contributed by atoms with Gasteiger partial charge >= 0.3 is 5.97 Å². The molecular formula is C22H24N4O4S. The molecule has 0 bridgehead atoms. The molecule has 9 heteroatoms. The maximum absolute atomic E-state index is 12.4. The number of amidine groups is 1. The Morgan fingerprint density at radius 1 is 1.13 bits per heavy atom. The molecule has 1 aliphatic rings. The number of ether oxygens (including phenoxy) is 1. The molecular weight excluding hydrogens is 416 g/mol. The van der Waals surface area contributed by atoms with Crippen molar-refractivity contribution in [2.45, 2.75) is 18.6 Å². The molecule has 1 aliphatic heterocycles. The van der Waals surface area contributed by atoms with E-state index in [0.29, 0.717) is 23.0 Å². The number of carbonyl (C=O) groups is 3. The van der Waals surface area contributed by atoms with Crippen LogP contribution in [-0.2, 0) is 14.3 Å². The van der Waals surface area contributed by atoms with Crippen LogP contribution in [0.25, 0.3) is 0 Å². The average Bonchev–Trinajstić information content (AvgIpc) is 3.07. The number of nitrogens with zero attached hydrogens (tertiary/aromatic N) is 2. The van der Waals surface area contributed by atoms with Crippen molar-refractivity contribution in [1.29, 1.82) is 0 Å². The minimum Gasteiger partial charge on any atom is -0.462 e. The lowest BCUT2D eigenvalue weighted by atomic mass is 10.2. The summed E-state index contributed by atoms with van der Waals surface area (Å²) in [6.45, 7) is 2.03. The molecule has 2 amide bonds. The molecule has 1 heterocycles. The summed E-state index contributed by atoms with van der Waals surface area (Å²) in [5, 5.41) is 5.38. The third-order valence-corrected chi connectivity index (χ3v) is 5.51. The smallest absolute Gasteiger partial charge is 0.338 e. The number of nitrogens with one attached hydrogen (secondary N) is 2. The number of hydrogen-bond acceptors (Lipinski definition) is 7. The number of anilines is 2. The third kappa shape index (κ3) is 6.08. The van der Waals surface area contributed by atoms with Gasteiger partial charge in [0.15, 0.2) is 5.17 Å². The van der Waals surface area contributed by atoms with E-state index in [2.05, 4.69) is 15.6 Å². The van der Waals surface area contributed by atoms with Gasteiger partial charge in [-0.25, -0.2) is 9.79 Å². The van der Waals surface area contributed by atoms with E-state index in [-0.39, 0.29) is 18.2 Å². The highest BCUT2D eigenvalue weighted by atomic mass is 32.2. The minimum absolute atomic E-state index is 0.00865. The summed E-state index contributed by atoms with van der Waals surface area (Å²) >= 11 is 1.23. The van der Waals surface area contributed by atoms with Gasteiger partial charge in [0.2, 0.25) is 11.8 Å². The van der Waals surface area contributed by atoms with Crippen LogP contribution in [0, 0.1) is 0 Å². The Morgan fingerprint density at radius 3 is 2.42 bits per heavy atom. The third-order valence-electron chi connectivity index (χ3n) is 4.42. The van der Waals surface area contributed by atoms with Crippen molar-refractivity contribution in [1.82, 2.24) is 5.32 Å². The largest absolute Gasteiger partial charge is 0.462 e. The van der Waals surface area contributed by atoms with Crippen molar-refractivity contribution in [2.75, 3.05) is 30.9 Å². The molecule has 2 N–H and O–H groups in total. The predicted octanol–water partition coefficient (Wildman–Crippen LogP) is 3.18. The van der Waals surface area contributed by atoms with Gasteiger partial charge in [0.05, 0.1) is 17.9 Å². The number of hydrogen-bond donors (Lipinski definition) is 2. The molecule has 8 nitrogen and oxygen atoms in total. The van der Waals surface area contributed by atoms with Crippen molar-refractivity contribution < 1.29 is 19.1 Å². The van der Waals surface area contributed by atoms with Crippen molar-refractivity contribution in [3.8, 4) is 0 Å². The Morgan fingerprint density at radius 2 is 1.81 bits per heavy atom. The molecule has 31 heavy (non-hydrogen) atoms. The lowest BCUT2D eigenvalue weighted by Gasteiger charge is -2.11. The summed E-state index contributed by atoms with van der Waals surface area (Å²) in [6.07, 6.45) is 0.00865. The van der Waals surface area contributed by atoms with Gasteiger partial charge in [0.25, 0.3) is 0 Å². The standard InChI is InChI=1S/C22H24N4O4S/c1-4-30-21(29)14-5-7-15(8-6-14)23-19(27)13-18-20(28)25-22(31-18)24-16-9-11-17(12-10-16)26(2)3/h5-12,18H,4,13H2,1-3H3,(H,23,27)(H,24,25,28). The van der Waals surface area contributed by atoms with Crippen LogP contribution in [0.2, 0.25) is 0 Å². The lowest BCUT2D eigenvalue weighted by Crippen LogP contribution is -2.28. The SMILES string of the molecule is CCOC(=O)c1ccc(NC(=O)CC2SC(=Nc3ccc(N(C)C)cc3)NC2=O)cc1. The molecule has 1 unspecified atom stereocenters. The normalized spacial score (nSPS) is 16.7. The Labute approximate surface area is 185 Å². The second-order valence-corrected chi connectivity index (χ2v) is 8.17. The molecule has 2 aromatic rings. The molecule has 2 aromatic carbocycles. The minimum atomic E-state index is -0.557. The molecule has 3 rings (SSSR count). The van der Waals surface area contributed by atoms with E-state index >= 15 is 0 Å². The molecule has 0 saturated carbocycles. The monoisotopic (exact) mass is 440 g/mol. The lowest BCUT2D eigenvalue weighted by molar-refractivity contribution is -0.122. The topological polar surface area (TPSA) is 100 Å². The van der Waals surface area contributed by atoms with Crippen molar-refractivity contribution in [3.63, 3.8) is 0 Å². The number of rotatable bonds is 7. The zero-order valence-electron chi connectivity index (χ0n) is 17.5. The van der Waals surface area contributed by atoms with E-state index < -0.39 is 11.2 Å². The zero-order valence-corrected chi connectivity index (χ0v) is 18.4. The maximum Gasteiger partial charge on any atom is 0.338 e. The summed E-state index contributed by atoms with van der Waals surface area (Å²) in [6, 6.07) is 14.0. The average molecular weight is 441 g/mol. The molecule has 1 atom stereocenters. The van der Waals surface area contributed by atoms with Crippen molar-refractivity contribution >= 4 is 51.8 Å². The summed E-state index contributed by atoms with van der Waals surface area (Å²) in [5.41, 5.74) is 2.72. The number of carbonyl (C=O) groups excluding carboxylic acids is 3. The number of aliphatic imine (C=N–C) groups is 1. The van der Waals surface area contributed by atoms with Crippen LogP contribution in [-0.4, -0.2) is 48.9 Å². The number of benzene rings is 2. The van der Waals surface area contributed by atoms with E-state index in [1.165, 1.54) is 11.8 Å². The van der Waals surface area contributed by atoms with Gasteiger partial charge in [-0.2, -0.15) is 0 Å². The summed E-state index contributed by atoms with van der Waals surface area (Å²) < 4.78 is 4.93. The second kappa shape index (κ2) is 10.1. The van der Waals surface area contributed by atoms with Gasteiger partial charge in [0, 0.05) is 31.9 Å². The zero-order chi connectivity index (χ0) is 22.4. The van der Waals surface area contributed by atoms with E-state index in [4.69, 9.17) is 4.74 Å². The molecule has 0 aliphatic carbocycles. The Bertz CT molecular complexity index is 988. The Hall–Kier alpha value is -3.33. The van der Waals surface area contributed by atoms with Crippen molar-refractivity contribution in [3.05, 3.63) is 54.1 Å². The van der Waals surface area contributed by atoms with Crippen LogP contribution < -0.4 is 15.5 Å². The van der Waals surface area contributed by atoms with Crippen LogP contribution in [0.15, 0.2) is 53.5 Å². The highest BCUT2D eigenvalue weighted by molar-refractivity contribution is 8.15. The first kappa shape index (κ1) is 22.4. The van der Waals surface area contributed by atoms with Crippen LogP contribution in [0.5, 0.6) is 0 Å². The maximum atomic E-state index is 12.4. The van der Waals surface area contributed by atoms with Gasteiger partial charge in [-0.05, 0) is 55.5 Å². The van der Waals surface area contributed by atoms with E-state index in [1.807, 2.05) is 43.3 Å². The molecule has 0 radical (unpaired) electrons. The number of amides is 2. The quantitative estimate of drug-likeness (QED) is 0.642. The van der Waals surface area contributed by atoms with Gasteiger partial charge in [-0.1, -0.05) is 11.8 Å². The van der Waals surface area contributed by atoms with Crippen LogP contribution >= 0.6 is 11.8 Å². The fourth-order valence-corrected chi connectivity index (χ4v) is 3.81. The molecule has 1 fully saturated rings. The fourth-order valence-electron chi connectivity index (χ4n) is 2.82. The first-order chi connectivity index (χ1) is 14.9. The van der Waals surface area contributed by atoms with Gasteiger partial charge in [-0.3, -0.25) is 9.59 Å².